The molecule has 0 bridgehead atoms. The molecule has 0 radical (unpaired) electrons. The van der Waals surface area contributed by atoms with Crippen LogP contribution in [0.3, 0.4) is 0 Å². The van der Waals surface area contributed by atoms with Crippen molar-refractivity contribution in [3.63, 3.8) is 0 Å². The molecule has 2 aromatic rings. The van der Waals surface area contributed by atoms with Gasteiger partial charge >= 0.3 is 0 Å². The molecule has 10 heteroatoms. The van der Waals surface area contributed by atoms with E-state index in [1.165, 1.54) is 23.7 Å². The average Bonchev–Trinajstić information content (AvgIpc) is 2.85. The van der Waals surface area contributed by atoms with Crippen molar-refractivity contribution in [2.24, 2.45) is 0 Å². The van der Waals surface area contributed by atoms with Crippen LogP contribution in [-0.4, -0.2) is 23.6 Å². The number of thiophene rings is 1. The summed E-state index contributed by atoms with van der Waals surface area (Å²) in [5.74, 6) is 0.457. The minimum atomic E-state index is -3.55. The first-order valence-electron chi connectivity index (χ1n) is 4.28. The Bertz CT molecular complexity index is 608. The Hall–Kier alpha value is -0.290. The zero-order valence-corrected chi connectivity index (χ0v) is 13.0. The van der Waals surface area contributed by atoms with Gasteiger partial charge in [-0.05, 0) is 37.9 Å². The molecule has 17 heavy (non-hydrogen) atoms. The van der Waals surface area contributed by atoms with E-state index in [4.69, 9.17) is 0 Å². The molecule has 0 spiro atoms. The number of hydrogen-bond acceptors (Lipinski definition) is 5. The van der Waals surface area contributed by atoms with Crippen LogP contribution in [0.1, 0.15) is 5.82 Å². The summed E-state index contributed by atoms with van der Waals surface area (Å²) >= 11 is 7.74. The standard InChI is InChI=1S/C7H6Br2N4O2S2/c8-5-1-4(7(9)16-5)17(14,15)12-2-6-10-3-11-13-6/h1,3,12H,2H2,(H,10,11,13). The highest BCUT2D eigenvalue weighted by Gasteiger charge is 2.20. The van der Waals surface area contributed by atoms with Gasteiger partial charge in [-0.3, -0.25) is 5.10 Å². The van der Waals surface area contributed by atoms with Gasteiger partial charge < -0.3 is 0 Å². The maximum Gasteiger partial charge on any atom is 0.242 e. The van der Waals surface area contributed by atoms with Crippen LogP contribution in [-0.2, 0) is 16.6 Å². The molecule has 0 atom stereocenters. The van der Waals surface area contributed by atoms with Gasteiger partial charge in [-0.15, -0.1) is 11.3 Å². The van der Waals surface area contributed by atoms with Gasteiger partial charge in [0.1, 0.15) is 17.0 Å². The fourth-order valence-electron chi connectivity index (χ4n) is 1.07. The lowest BCUT2D eigenvalue weighted by atomic mass is 10.6. The zero-order valence-electron chi connectivity index (χ0n) is 8.15. The quantitative estimate of drug-likeness (QED) is 0.818. The molecule has 0 aromatic carbocycles. The highest BCUT2D eigenvalue weighted by Crippen LogP contribution is 2.34. The number of H-pyrrole nitrogens is 1. The third-order valence-corrected chi connectivity index (χ3v) is 5.97. The predicted molar refractivity (Wildman–Crippen MR) is 70.1 cm³/mol. The van der Waals surface area contributed by atoms with Crippen LogP contribution < -0.4 is 4.72 Å². The Morgan fingerprint density at radius 1 is 1.47 bits per heavy atom. The maximum atomic E-state index is 11.9. The van der Waals surface area contributed by atoms with E-state index in [1.54, 1.807) is 0 Å². The summed E-state index contributed by atoms with van der Waals surface area (Å²) in [5, 5.41) is 6.21. The summed E-state index contributed by atoms with van der Waals surface area (Å²) in [6.07, 6.45) is 1.32. The normalized spacial score (nSPS) is 11.9. The summed E-state index contributed by atoms with van der Waals surface area (Å²) in [6, 6.07) is 1.54. The second-order valence-corrected chi connectivity index (χ2v) is 8.43. The van der Waals surface area contributed by atoms with Crippen LogP contribution in [0.4, 0.5) is 0 Å². The first kappa shape index (κ1) is 13.1. The first-order valence-corrected chi connectivity index (χ1v) is 8.16. The van der Waals surface area contributed by atoms with Crippen LogP contribution in [0.2, 0.25) is 0 Å². The van der Waals surface area contributed by atoms with E-state index in [-0.39, 0.29) is 11.4 Å². The summed E-state index contributed by atoms with van der Waals surface area (Å²) < 4.78 is 27.6. The third kappa shape index (κ3) is 3.13. The van der Waals surface area contributed by atoms with E-state index in [9.17, 15) is 8.42 Å². The molecule has 0 fully saturated rings. The van der Waals surface area contributed by atoms with E-state index >= 15 is 0 Å². The van der Waals surface area contributed by atoms with E-state index in [2.05, 4.69) is 51.8 Å². The third-order valence-electron chi connectivity index (χ3n) is 1.81. The summed E-state index contributed by atoms with van der Waals surface area (Å²) in [5.41, 5.74) is 0. The number of nitrogens with zero attached hydrogens (tertiary/aromatic N) is 2. The topological polar surface area (TPSA) is 87.7 Å². The summed E-state index contributed by atoms with van der Waals surface area (Å²) in [7, 11) is -3.55. The number of aromatic amines is 1. The van der Waals surface area contributed by atoms with Gasteiger partial charge in [0.25, 0.3) is 0 Å². The molecule has 2 heterocycles. The van der Waals surface area contributed by atoms with Gasteiger partial charge in [-0.25, -0.2) is 18.1 Å². The smallest absolute Gasteiger partial charge is 0.242 e. The number of aromatic nitrogens is 3. The van der Waals surface area contributed by atoms with Crippen molar-refractivity contribution in [1.29, 1.82) is 0 Å². The lowest BCUT2D eigenvalue weighted by Gasteiger charge is -2.03. The molecular formula is C7H6Br2N4O2S2. The molecule has 6 nitrogen and oxygen atoms in total. The number of hydrogen-bond donors (Lipinski definition) is 2. The Morgan fingerprint density at radius 3 is 2.76 bits per heavy atom. The second kappa shape index (κ2) is 5.14. The van der Waals surface area contributed by atoms with Crippen LogP contribution in [0, 0.1) is 0 Å². The zero-order chi connectivity index (χ0) is 12.5. The number of nitrogens with one attached hydrogen (secondary N) is 2. The predicted octanol–water partition coefficient (Wildman–Crippen LogP) is 1.87. The maximum absolute atomic E-state index is 11.9. The van der Waals surface area contributed by atoms with Crippen molar-refractivity contribution in [3.05, 3.63) is 25.8 Å². The molecule has 0 amide bonds. The second-order valence-electron chi connectivity index (χ2n) is 2.95. The molecule has 0 aliphatic heterocycles. The highest BCUT2D eigenvalue weighted by molar-refractivity contribution is 9.12. The first-order chi connectivity index (χ1) is 7.99. The average molecular weight is 402 g/mol. The number of halogens is 2. The molecule has 2 rings (SSSR count). The fourth-order valence-corrected chi connectivity index (χ4v) is 5.86. The van der Waals surface area contributed by atoms with Crippen LogP contribution in [0.5, 0.6) is 0 Å². The Morgan fingerprint density at radius 2 is 2.24 bits per heavy atom. The molecular weight excluding hydrogens is 396 g/mol. The van der Waals surface area contributed by atoms with Crippen molar-refractivity contribution in [2.75, 3.05) is 0 Å². The van der Waals surface area contributed by atoms with Crippen LogP contribution in [0.25, 0.3) is 0 Å². The largest absolute Gasteiger partial charge is 0.262 e. The minimum absolute atomic E-state index is 0.0717. The lowest BCUT2D eigenvalue weighted by Crippen LogP contribution is -2.23. The van der Waals surface area contributed by atoms with Gasteiger partial charge in [-0.2, -0.15) is 5.10 Å². The monoisotopic (exact) mass is 400 g/mol. The molecule has 0 aliphatic carbocycles. The number of rotatable bonds is 4. The highest BCUT2D eigenvalue weighted by atomic mass is 79.9. The molecule has 2 N–H and O–H groups in total. The lowest BCUT2D eigenvalue weighted by molar-refractivity contribution is 0.579. The fraction of sp³-hybridized carbons (Fsp3) is 0.143. The van der Waals surface area contributed by atoms with E-state index in [0.717, 1.165) is 3.79 Å². The van der Waals surface area contributed by atoms with Crippen LogP contribution >= 0.6 is 43.2 Å². The van der Waals surface area contributed by atoms with Gasteiger partial charge in [0.2, 0.25) is 10.0 Å². The molecule has 2 aromatic heterocycles. The van der Waals surface area contributed by atoms with Crippen molar-refractivity contribution in [3.8, 4) is 0 Å². The van der Waals surface area contributed by atoms with Crippen molar-refractivity contribution in [2.45, 2.75) is 11.4 Å². The molecule has 92 valence electrons. The van der Waals surface area contributed by atoms with Crippen molar-refractivity contribution in [1.82, 2.24) is 19.9 Å². The van der Waals surface area contributed by atoms with Gasteiger partial charge in [0.05, 0.1) is 14.1 Å². The molecule has 0 aliphatic rings. The summed E-state index contributed by atoms with van der Waals surface area (Å²) in [6.45, 7) is 0.0717. The van der Waals surface area contributed by atoms with E-state index < -0.39 is 10.0 Å². The summed E-state index contributed by atoms with van der Waals surface area (Å²) in [4.78, 5) is 4.03. The minimum Gasteiger partial charge on any atom is -0.262 e. The van der Waals surface area contributed by atoms with Gasteiger partial charge in [-0.1, -0.05) is 0 Å². The molecule has 0 saturated carbocycles. The van der Waals surface area contributed by atoms with Gasteiger partial charge in [0.15, 0.2) is 0 Å². The SMILES string of the molecule is O=S(=O)(NCc1ncn[nH]1)c1cc(Br)sc1Br. The Labute approximate surface area is 118 Å². The molecule has 0 saturated heterocycles. The Balaban J connectivity index is 2.17. The van der Waals surface area contributed by atoms with E-state index in [1.807, 2.05) is 0 Å². The van der Waals surface area contributed by atoms with Crippen molar-refractivity contribution >= 4 is 53.2 Å². The van der Waals surface area contributed by atoms with E-state index in [0.29, 0.717) is 9.61 Å². The van der Waals surface area contributed by atoms with Crippen molar-refractivity contribution < 1.29 is 8.42 Å². The van der Waals surface area contributed by atoms with Crippen LogP contribution in [0.15, 0.2) is 24.9 Å². The number of sulfonamides is 1. The van der Waals surface area contributed by atoms with Gasteiger partial charge in [0, 0.05) is 0 Å². The Kier molecular flexibility index (Phi) is 3.98. The molecule has 0 unspecified atom stereocenters.